The maximum absolute atomic E-state index is 15.1. The van der Waals surface area contributed by atoms with E-state index in [0.717, 1.165) is 4.57 Å². The van der Waals surface area contributed by atoms with Crippen molar-refractivity contribution in [3.05, 3.63) is 76.1 Å². The van der Waals surface area contributed by atoms with Crippen molar-refractivity contribution < 1.29 is 17.6 Å². The predicted molar refractivity (Wildman–Crippen MR) is 168 cm³/mol. The number of pyridine rings is 2. The van der Waals surface area contributed by atoms with Gasteiger partial charge in [-0.15, -0.1) is 0 Å². The SMILES string of the molecule is C=CC(=O)N1CCN(c2nc(=O)n(-c3c(C)ccnc3S(=O)(=O)C(C)C)c3nc(-c4c(N)cccc4F)c(Cl)cc23)[C@@H](C)C1. The molecule has 1 fully saturated rings. The number of nitrogen functional groups attached to an aromatic ring is 1. The van der Waals surface area contributed by atoms with Gasteiger partial charge in [-0.2, -0.15) is 4.98 Å². The number of anilines is 2. The fraction of sp³-hybridized carbons (Fsp3) is 0.300. The Kier molecular flexibility index (Phi) is 8.21. The number of hydrogen-bond acceptors (Lipinski definition) is 9. The van der Waals surface area contributed by atoms with Gasteiger partial charge >= 0.3 is 5.69 Å². The number of sulfone groups is 1. The number of amides is 1. The summed E-state index contributed by atoms with van der Waals surface area (Å²) in [5.74, 6) is -0.664. The van der Waals surface area contributed by atoms with E-state index >= 15 is 4.39 Å². The molecule has 11 nitrogen and oxygen atoms in total. The molecule has 4 aromatic rings. The fourth-order valence-corrected chi connectivity index (χ4v) is 6.74. The van der Waals surface area contributed by atoms with Gasteiger partial charge in [0.1, 0.15) is 11.6 Å². The van der Waals surface area contributed by atoms with Gasteiger partial charge in [-0.05, 0) is 63.6 Å². The van der Waals surface area contributed by atoms with Crippen molar-refractivity contribution >= 4 is 49.9 Å². The van der Waals surface area contributed by atoms with Gasteiger partial charge in [-0.1, -0.05) is 24.2 Å². The normalized spacial score (nSPS) is 15.7. The molecular weight excluding hydrogens is 609 g/mol. The van der Waals surface area contributed by atoms with Crippen molar-refractivity contribution in [2.75, 3.05) is 30.3 Å². The summed E-state index contributed by atoms with van der Waals surface area (Å²) in [4.78, 5) is 43.1. The second kappa shape index (κ2) is 11.6. The molecule has 0 bridgehead atoms. The Labute approximate surface area is 258 Å². The largest absolute Gasteiger partial charge is 0.398 e. The molecule has 44 heavy (non-hydrogen) atoms. The molecule has 14 heteroatoms. The van der Waals surface area contributed by atoms with Crippen molar-refractivity contribution in [2.24, 2.45) is 0 Å². The quantitative estimate of drug-likeness (QED) is 0.245. The van der Waals surface area contributed by atoms with E-state index in [9.17, 15) is 18.0 Å². The lowest BCUT2D eigenvalue weighted by Gasteiger charge is -2.40. The highest BCUT2D eigenvalue weighted by atomic mass is 35.5. The number of rotatable bonds is 6. The average molecular weight is 640 g/mol. The molecule has 1 aromatic carbocycles. The second-order valence-electron chi connectivity index (χ2n) is 10.9. The number of aryl methyl sites for hydroxylation is 1. The molecule has 230 valence electrons. The van der Waals surface area contributed by atoms with Gasteiger partial charge in [-0.25, -0.2) is 32.1 Å². The molecule has 1 atom stereocenters. The van der Waals surface area contributed by atoms with Gasteiger partial charge in [0, 0.05) is 37.6 Å². The Morgan fingerprint density at radius 1 is 1.23 bits per heavy atom. The molecule has 4 heterocycles. The van der Waals surface area contributed by atoms with Crippen LogP contribution >= 0.6 is 11.6 Å². The van der Waals surface area contributed by atoms with Crippen LogP contribution in [0.1, 0.15) is 26.3 Å². The molecule has 0 unspecified atom stereocenters. The number of fused-ring (bicyclic) bond motifs is 1. The number of carbonyl (C=O) groups is 1. The van der Waals surface area contributed by atoms with Crippen LogP contribution in [0, 0.1) is 12.7 Å². The van der Waals surface area contributed by atoms with Gasteiger partial charge in [0.25, 0.3) is 0 Å². The van der Waals surface area contributed by atoms with E-state index in [4.69, 9.17) is 22.3 Å². The zero-order valence-electron chi connectivity index (χ0n) is 24.6. The monoisotopic (exact) mass is 639 g/mol. The number of halogens is 2. The van der Waals surface area contributed by atoms with E-state index in [1.165, 1.54) is 50.4 Å². The molecule has 0 spiro atoms. The van der Waals surface area contributed by atoms with Gasteiger partial charge < -0.3 is 15.5 Å². The summed E-state index contributed by atoms with van der Waals surface area (Å²) in [6.45, 7) is 11.1. The van der Waals surface area contributed by atoms with Crippen LogP contribution in [0.4, 0.5) is 15.9 Å². The molecule has 1 amide bonds. The molecule has 0 saturated carbocycles. The first-order chi connectivity index (χ1) is 20.8. The highest BCUT2D eigenvalue weighted by Crippen LogP contribution is 2.38. The Hall–Kier alpha value is -4.36. The lowest BCUT2D eigenvalue weighted by Crippen LogP contribution is -2.54. The molecule has 0 radical (unpaired) electrons. The Morgan fingerprint density at radius 2 is 1.95 bits per heavy atom. The third kappa shape index (κ3) is 5.19. The Morgan fingerprint density at radius 3 is 2.59 bits per heavy atom. The van der Waals surface area contributed by atoms with Crippen LogP contribution in [-0.4, -0.2) is 69.7 Å². The molecule has 3 aromatic heterocycles. The number of nitrogens with zero attached hydrogens (tertiary/aromatic N) is 6. The summed E-state index contributed by atoms with van der Waals surface area (Å²) in [5, 5.41) is -0.830. The fourth-order valence-electron chi connectivity index (χ4n) is 5.32. The van der Waals surface area contributed by atoms with Crippen LogP contribution in [0.3, 0.4) is 0 Å². The zero-order chi connectivity index (χ0) is 32.1. The lowest BCUT2D eigenvalue weighted by atomic mass is 10.1. The lowest BCUT2D eigenvalue weighted by molar-refractivity contribution is -0.126. The minimum atomic E-state index is -3.99. The van der Waals surface area contributed by atoms with Crippen LogP contribution in [0.2, 0.25) is 5.02 Å². The summed E-state index contributed by atoms with van der Waals surface area (Å²) >= 11 is 6.74. The first-order valence-electron chi connectivity index (χ1n) is 13.8. The summed E-state index contributed by atoms with van der Waals surface area (Å²) in [7, 11) is -3.99. The van der Waals surface area contributed by atoms with E-state index in [2.05, 4.69) is 16.5 Å². The standard InChI is InChI=1S/C30H31ClFN7O4S/c1-6-23(40)37-12-13-38(18(5)15-37)27-19-14-20(31)25(24-21(32)8-7-9-22(24)33)35-28(19)39(30(41)36-27)26-17(4)10-11-34-29(26)44(42,43)16(2)3/h6-11,14,16,18H,1,12-13,15,33H2,2-5H3/t18-/m0/s1. The number of carbonyl (C=O) groups excluding carboxylic acids is 1. The molecular formula is C30H31ClFN7O4S. The summed E-state index contributed by atoms with van der Waals surface area (Å²) in [5.41, 5.74) is 5.65. The highest BCUT2D eigenvalue weighted by molar-refractivity contribution is 7.92. The number of piperazine rings is 1. The van der Waals surface area contributed by atoms with Crippen LogP contribution < -0.4 is 16.3 Å². The average Bonchev–Trinajstić information content (AvgIpc) is 2.97. The molecule has 1 aliphatic rings. The molecule has 1 saturated heterocycles. The van der Waals surface area contributed by atoms with E-state index in [1.54, 1.807) is 17.9 Å². The maximum Gasteiger partial charge on any atom is 0.355 e. The minimum absolute atomic E-state index is 0.0184. The van der Waals surface area contributed by atoms with Crippen molar-refractivity contribution in [3.8, 4) is 16.9 Å². The van der Waals surface area contributed by atoms with Crippen molar-refractivity contribution in [2.45, 2.75) is 44.0 Å². The molecule has 0 aliphatic carbocycles. The van der Waals surface area contributed by atoms with E-state index in [0.29, 0.717) is 30.6 Å². The number of aromatic nitrogens is 4. The maximum atomic E-state index is 15.1. The van der Waals surface area contributed by atoms with Gasteiger partial charge in [0.05, 0.1) is 32.6 Å². The van der Waals surface area contributed by atoms with E-state index < -0.39 is 26.6 Å². The van der Waals surface area contributed by atoms with E-state index in [-0.39, 0.29) is 56.1 Å². The summed E-state index contributed by atoms with van der Waals surface area (Å²) in [6, 6.07) is 6.96. The molecule has 5 rings (SSSR count). The van der Waals surface area contributed by atoms with Crippen molar-refractivity contribution in [1.29, 1.82) is 0 Å². The van der Waals surface area contributed by atoms with Gasteiger partial charge in [0.2, 0.25) is 5.91 Å². The number of nitrogens with two attached hydrogens (primary N) is 1. The first kappa shape index (κ1) is 31.1. The molecule has 2 N–H and O–H groups in total. The van der Waals surface area contributed by atoms with Crippen LogP contribution in [0.15, 0.2) is 59.0 Å². The zero-order valence-corrected chi connectivity index (χ0v) is 26.2. The van der Waals surface area contributed by atoms with Crippen LogP contribution in [0.25, 0.3) is 28.0 Å². The summed E-state index contributed by atoms with van der Waals surface area (Å²) < 4.78 is 43.2. The Balaban J connectivity index is 1.87. The number of benzene rings is 1. The molecule has 1 aliphatic heterocycles. The third-order valence-electron chi connectivity index (χ3n) is 7.68. The summed E-state index contributed by atoms with van der Waals surface area (Å²) in [6.07, 6.45) is 2.60. The van der Waals surface area contributed by atoms with Crippen molar-refractivity contribution in [1.82, 2.24) is 24.4 Å². The Bertz CT molecular complexity index is 1980. The number of hydrogen-bond donors (Lipinski definition) is 1. The van der Waals surface area contributed by atoms with Gasteiger partial charge in [-0.3, -0.25) is 4.79 Å². The van der Waals surface area contributed by atoms with E-state index in [1.807, 2.05) is 11.8 Å². The first-order valence-corrected chi connectivity index (χ1v) is 15.8. The highest BCUT2D eigenvalue weighted by Gasteiger charge is 2.32. The predicted octanol–water partition coefficient (Wildman–Crippen LogP) is 3.93. The van der Waals surface area contributed by atoms with Crippen LogP contribution in [-0.2, 0) is 14.6 Å². The second-order valence-corrected chi connectivity index (χ2v) is 13.7. The topological polar surface area (TPSA) is 144 Å². The smallest absolute Gasteiger partial charge is 0.355 e. The van der Waals surface area contributed by atoms with Crippen LogP contribution in [0.5, 0.6) is 0 Å². The third-order valence-corrected chi connectivity index (χ3v) is 10.0. The minimum Gasteiger partial charge on any atom is -0.398 e. The van der Waals surface area contributed by atoms with Gasteiger partial charge in [0.15, 0.2) is 20.5 Å². The van der Waals surface area contributed by atoms with Crippen molar-refractivity contribution in [3.63, 3.8) is 0 Å².